The number of amides is 2. The first-order valence-corrected chi connectivity index (χ1v) is 12.3. The van der Waals surface area contributed by atoms with Crippen molar-refractivity contribution in [1.82, 2.24) is 20.4 Å². The molecule has 2 atom stereocenters. The van der Waals surface area contributed by atoms with Crippen molar-refractivity contribution in [2.45, 2.75) is 52.6 Å². The first kappa shape index (κ1) is 28.5. The lowest BCUT2D eigenvalue weighted by Gasteiger charge is -2.25. The standard InChI is InChI=1S/C28H32F2N4O4/c1-15(2)11-23(32-27(37)21-9-10-34(5)33-21)28(38)31-22(14-24(35)36)19-12-18(13-20(29)26(19)30)25-16(3)7-6-8-17(25)4/h6-10,12-13,15,22-23H,11,14H2,1-5H3,(H,31,38)(H,32,37)(H,35,36)/t22-,23-/m0/s1. The van der Waals surface area contributed by atoms with Gasteiger partial charge in [0.15, 0.2) is 11.6 Å². The average Bonchev–Trinajstić information content (AvgIpc) is 3.26. The van der Waals surface area contributed by atoms with E-state index in [4.69, 9.17) is 0 Å². The molecule has 0 aliphatic carbocycles. The minimum Gasteiger partial charge on any atom is -0.481 e. The number of benzene rings is 2. The number of aryl methyl sites for hydroxylation is 3. The molecule has 2 aromatic carbocycles. The van der Waals surface area contributed by atoms with E-state index in [1.807, 2.05) is 45.9 Å². The number of hydrogen-bond donors (Lipinski definition) is 3. The van der Waals surface area contributed by atoms with E-state index < -0.39 is 47.9 Å². The maximum Gasteiger partial charge on any atom is 0.305 e. The van der Waals surface area contributed by atoms with Gasteiger partial charge in [-0.2, -0.15) is 5.10 Å². The van der Waals surface area contributed by atoms with Gasteiger partial charge in [0.05, 0.1) is 12.5 Å². The molecule has 0 saturated carbocycles. The lowest BCUT2D eigenvalue weighted by Crippen LogP contribution is -2.48. The smallest absolute Gasteiger partial charge is 0.305 e. The van der Waals surface area contributed by atoms with Crippen LogP contribution in [0.5, 0.6) is 0 Å². The highest BCUT2D eigenvalue weighted by atomic mass is 19.2. The summed E-state index contributed by atoms with van der Waals surface area (Å²) in [5.74, 6) is -5.04. The third-order valence-electron chi connectivity index (χ3n) is 6.17. The van der Waals surface area contributed by atoms with E-state index in [9.17, 15) is 23.9 Å². The average molecular weight is 527 g/mol. The number of halogens is 2. The second kappa shape index (κ2) is 12.0. The molecule has 1 aromatic heterocycles. The summed E-state index contributed by atoms with van der Waals surface area (Å²) in [6.07, 6.45) is 1.11. The summed E-state index contributed by atoms with van der Waals surface area (Å²) in [5.41, 5.74) is 2.52. The zero-order valence-electron chi connectivity index (χ0n) is 22.0. The number of nitrogens with one attached hydrogen (secondary N) is 2. The van der Waals surface area contributed by atoms with Crippen LogP contribution in [0.2, 0.25) is 0 Å². The Hall–Kier alpha value is -4.08. The number of hydrogen-bond acceptors (Lipinski definition) is 4. The predicted molar refractivity (Wildman–Crippen MR) is 138 cm³/mol. The Bertz CT molecular complexity index is 1330. The number of nitrogens with zero attached hydrogens (tertiary/aromatic N) is 2. The van der Waals surface area contributed by atoms with Gasteiger partial charge in [-0.15, -0.1) is 0 Å². The Morgan fingerprint density at radius 2 is 1.71 bits per heavy atom. The zero-order valence-corrected chi connectivity index (χ0v) is 22.0. The van der Waals surface area contributed by atoms with Crippen LogP contribution in [0.15, 0.2) is 42.6 Å². The summed E-state index contributed by atoms with van der Waals surface area (Å²) in [6.45, 7) is 7.37. The van der Waals surface area contributed by atoms with Crippen LogP contribution >= 0.6 is 0 Å². The van der Waals surface area contributed by atoms with Crippen molar-refractivity contribution in [1.29, 1.82) is 0 Å². The number of carbonyl (C=O) groups excluding carboxylic acids is 2. The molecule has 0 spiro atoms. The SMILES string of the molecule is Cc1cccc(C)c1-c1cc(F)c(F)c([C@H](CC(=O)O)NC(=O)[C@H](CC(C)C)NC(=O)c2ccn(C)n2)c1. The van der Waals surface area contributed by atoms with Crippen LogP contribution in [0, 0.1) is 31.4 Å². The molecule has 2 amide bonds. The Morgan fingerprint density at radius 3 is 2.26 bits per heavy atom. The van der Waals surface area contributed by atoms with Gasteiger partial charge in [-0.25, -0.2) is 8.78 Å². The summed E-state index contributed by atoms with van der Waals surface area (Å²) < 4.78 is 31.4. The normalized spacial score (nSPS) is 12.7. The van der Waals surface area contributed by atoms with Crippen LogP contribution in [0.4, 0.5) is 8.78 Å². The second-order valence-corrected chi connectivity index (χ2v) is 9.82. The maximum atomic E-state index is 15.1. The fraction of sp³-hybridized carbons (Fsp3) is 0.357. The number of aromatic nitrogens is 2. The summed E-state index contributed by atoms with van der Waals surface area (Å²) in [7, 11) is 1.64. The summed E-state index contributed by atoms with van der Waals surface area (Å²) in [6, 6.07) is 6.98. The minimum absolute atomic E-state index is 0.0192. The molecule has 0 bridgehead atoms. The highest BCUT2D eigenvalue weighted by Crippen LogP contribution is 2.33. The number of carboxylic acids is 1. The molecular formula is C28H32F2N4O4. The topological polar surface area (TPSA) is 113 Å². The second-order valence-electron chi connectivity index (χ2n) is 9.82. The minimum atomic E-state index is -1.39. The monoisotopic (exact) mass is 526 g/mol. The van der Waals surface area contributed by atoms with Crippen molar-refractivity contribution >= 4 is 17.8 Å². The summed E-state index contributed by atoms with van der Waals surface area (Å²) in [5, 5.41) is 18.7. The molecule has 3 N–H and O–H groups in total. The highest BCUT2D eigenvalue weighted by molar-refractivity contribution is 5.96. The van der Waals surface area contributed by atoms with Gasteiger partial charge >= 0.3 is 5.97 Å². The molecule has 0 radical (unpaired) electrons. The van der Waals surface area contributed by atoms with Crippen molar-refractivity contribution < 1.29 is 28.3 Å². The molecule has 3 aromatic rings. The number of rotatable bonds is 10. The Morgan fingerprint density at radius 1 is 1.05 bits per heavy atom. The Labute approximate surface area is 220 Å². The van der Waals surface area contributed by atoms with Gasteiger partial charge in [0.25, 0.3) is 5.91 Å². The van der Waals surface area contributed by atoms with E-state index in [0.717, 1.165) is 17.2 Å². The molecule has 0 unspecified atom stereocenters. The van der Waals surface area contributed by atoms with Crippen molar-refractivity contribution in [3.05, 3.63) is 76.6 Å². The van der Waals surface area contributed by atoms with Crippen molar-refractivity contribution in [3.63, 3.8) is 0 Å². The molecule has 0 aliphatic heterocycles. The lowest BCUT2D eigenvalue weighted by atomic mass is 9.92. The molecule has 1 heterocycles. The molecular weight excluding hydrogens is 494 g/mol. The molecule has 8 nitrogen and oxygen atoms in total. The van der Waals surface area contributed by atoms with Crippen LogP contribution in [-0.2, 0) is 16.6 Å². The largest absolute Gasteiger partial charge is 0.481 e. The van der Waals surface area contributed by atoms with E-state index in [1.165, 1.54) is 16.8 Å². The molecule has 38 heavy (non-hydrogen) atoms. The summed E-state index contributed by atoms with van der Waals surface area (Å²) in [4.78, 5) is 37.7. The van der Waals surface area contributed by atoms with Crippen LogP contribution < -0.4 is 10.6 Å². The van der Waals surface area contributed by atoms with E-state index in [0.29, 0.717) is 11.1 Å². The molecule has 3 rings (SSSR count). The van der Waals surface area contributed by atoms with Gasteiger partial charge in [-0.1, -0.05) is 32.0 Å². The first-order valence-electron chi connectivity index (χ1n) is 12.3. The quantitative estimate of drug-likeness (QED) is 0.361. The number of aliphatic carboxylic acids is 1. The van der Waals surface area contributed by atoms with Crippen LogP contribution in [0.25, 0.3) is 11.1 Å². The van der Waals surface area contributed by atoms with Crippen LogP contribution in [0.3, 0.4) is 0 Å². The summed E-state index contributed by atoms with van der Waals surface area (Å²) >= 11 is 0. The zero-order chi connectivity index (χ0) is 28.1. The third kappa shape index (κ3) is 6.81. The van der Waals surface area contributed by atoms with Gasteiger partial charge in [-0.05, 0) is 66.6 Å². The predicted octanol–water partition coefficient (Wildman–Crippen LogP) is 4.46. The van der Waals surface area contributed by atoms with E-state index >= 15 is 4.39 Å². The molecule has 0 fully saturated rings. The Kier molecular flexibility index (Phi) is 8.98. The van der Waals surface area contributed by atoms with Crippen molar-refractivity contribution in [3.8, 4) is 11.1 Å². The molecule has 0 aliphatic rings. The van der Waals surface area contributed by atoms with Crippen LogP contribution in [0.1, 0.15) is 59.9 Å². The van der Waals surface area contributed by atoms with E-state index in [2.05, 4.69) is 15.7 Å². The van der Waals surface area contributed by atoms with Crippen molar-refractivity contribution in [2.24, 2.45) is 13.0 Å². The maximum absolute atomic E-state index is 15.1. The first-order chi connectivity index (χ1) is 17.9. The molecule has 202 valence electrons. The van der Waals surface area contributed by atoms with Gasteiger partial charge in [0.2, 0.25) is 5.91 Å². The van der Waals surface area contributed by atoms with Crippen molar-refractivity contribution in [2.75, 3.05) is 0 Å². The Balaban J connectivity index is 1.98. The fourth-order valence-corrected chi connectivity index (χ4v) is 4.43. The van der Waals surface area contributed by atoms with E-state index in [1.54, 1.807) is 13.2 Å². The van der Waals surface area contributed by atoms with Gasteiger partial charge in [0, 0.05) is 18.8 Å². The van der Waals surface area contributed by atoms with E-state index in [-0.39, 0.29) is 23.6 Å². The van der Waals surface area contributed by atoms with Crippen LogP contribution in [-0.4, -0.2) is 38.7 Å². The van der Waals surface area contributed by atoms with Gasteiger partial charge in [0.1, 0.15) is 11.7 Å². The van der Waals surface area contributed by atoms with Gasteiger partial charge < -0.3 is 15.7 Å². The molecule has 0 saturated heterocycles. The van der Waals surface area contributed by atoms with Gasteiger partial charge in [-0.3, -0.25) is 19.1 Å². The number of carbonyl (C=O) groups is 3. The third-order valence-corrected chi connectivity index (χ3v) is 6.17. The molecule has 10 heteroatoms. The lowest BCUT2D eigenvalue weighted by molar-refractivity contribution is -0.137. The number of carboxylic acid groups (broad SMARTS) is 1. The fourth-order valence-electron chi connectivity index (χ4n) is 4.43. The highest BCUT2D eigenvalue weighted by Gasteiger charge is 2.29.